The Balaban J connectivity index is 1.80. The first-order valence-electron chi connectivity index (χ1n) is 6.91. The zero-order chi connectivity index (χ0) is 14.1. The summed E-state index contributed by atoms with van der Waals surface area (Å²) >= 11 is 1.80. The van der Waals surface area contributed by atoms with Crippen LogP contribution in [0.3, 0.4) is 0 Å². The summed E-state index contributed by atoms with van der Waals surface area (Å²) in [6.45, 7) is 7.34. The average molecular weight is 285 g/mol. The number of furan rings is 1. The van der Waals surface area contributed by atoms with Gasteiger partial charge in [-0.3, -0.25) is 0 Å². The molecule has 1 aromatic carbocycles. The Morgan fingerprint density at radius 2 is 2.00 bits per heavy atom. The first-order chi connectivity index (χ1) is 9.66. The number of nitrogens with one attached hydrogen (secondary N) is 1. The molecule has 3 rings (SSSR count). The minimum Gasteiger partial charge on any atom is -0.459 e. The lowest BCUT2D eigenvalue weighted by Gasteiger charge is -2.12. The van der Waals surface area contributed by atoms with E-state index in [1.165, 1.54) is 21.4 Å². The Bertz CT molecular complexity index is 726. The highest BCUT2D eigenvalue weighted by Crippen LogP contribution is 2.29. The highest BCUT2D eigenvalue weighted by Gasteiger charge is 2.16. The molecule has 0 fully saturated rings. The predicted molar refractivity (Wildman–Crippen MR) is 85.3 cm³/mol. The van der Waals surface area contributed by atoms with Crippen LogP contribution in [0.2, 0.25) is 0 Å². The maximum absolute atomic E-state index is 6.00. The maximum Gasteiger partial charge on any atom is 0.134 e. The van der Waals surface area contributed by atoms with Gasteiger partial charge >= 0.3 is 0 Å². The molecule has 1 N–H and O–H groups in total. The number of hydrogen-bond donors (Lipinski definition) is 1. The second-order valence-corrected chi connectivity index (χ2v) is 6.22. The highest BCUT2D eigenvalue weighted by molar-refractivity contribution is 7.10. The Morgan fingerprint density at radius 1 is 1.20 bits per heavy atom. The first kappa shape index (κ1) is 13.4. The van der Waals surface area contributed by atoms with E-state index in [2.05, 4.69) is 49.7 Å². The van der Waals surface area contributed by atoms with Crippen LogP contribution in [-0.2, 0) is 6.54 Å². The van der Waals surface area contributed by atoms with Crippen molar-refractivity contribution in [2.75, 3.05) is 0 Å². The molecular formula is C17H19NOS. The summed E-state index contributed by atoms with van der Waals surface area (Å²) in [5.74, 6) is 1.04. The molecule has 0 aliphatic heterocycles. The van der Waals surface area contributed by atoms with E-state index in [0.29, 0.717) is 0 Å². The smallest absolute Gasteiger partial charge is 0.134 e. The minimum atomic E-state index is 0.212. The van der Waals surface area contributed by atoms with Crippen molar-refractivity contribution in [2.24, 2.45) is 0 Å². The average Bonchev–Trinajstić information content (AvgIpc) is 3.01. The number of benzene rings is 1. The normalized spacial score (nSPS) is 12.9. The maximum atomic E-state index is 6.00. The Morgan fingerprint density at radius 3 is 2.70 bits per heavy atom. The SMILES string of the molecule is Cc1ccsc1CNC(C)c1oc2ccccc2c1C. The number of hydrogen-bond acceptors (Lipinski definition) is 3. The fraction of sp³-hybridized carbons (Fsp3) is 0.294. The minimum absolute atomic E-state index is 0.212. The first-order valence-corrected chi connectivity index (χ1v) is 7.79. The molecule has 0 aliphatic rings. The van der Waals surface area contributed by atoms with Crippen molar-refractivity contribution in [3.05, 3.63) is 57.5 Å². The summed E-state index contributed by atoms with van der Waals surface area (Å²) in [4.78, 5) is 1.39. The van der Waals surface area contributed by atoms with Crippen molar-refractivity contribution < 1.29 is 4.42 Å². The van der Waals surface area contributed by atoms with Gasteiger partial charge in [-0.05, 0) is 49.4 Å². The zero-order valence-corrected chi connectivity index (χ0v) is 12.9. The van der Waals surface area contributed by atoms with Crippen molar-refractivity contribution in [1.82, 2.24) is 5.32 Å². The summed E-state index contributed by atoms with van der Waals surface area (Å²) in [6, 6.07) is 10.6. The second kappa shape index (κ2) is 5.43. The van der Waals surface area contributed by atoms with Crippen LogP contribution >= 0.6 is 11.3 Å². The van der Waals surface area contributed by atoms with Gasteiger partial charge in [-0.2, -0.15) is 0 Å². The van der Waals surface area contributed by atoms with Crippen LogP contribution in [0, 0.1) is 13.8 Å². The van der Waals surface area contributed by atoms with Crippen molar-refractivity contribution >= 4 is 22.3 Å². The molecule has 0 aliphatic carbocycles. The van der Waals surface area contributed by atoms with Crippen LogP contribution in [0.25, 0.3) is 11.0 Å². The molecule has 2 nitrogen and oxygen atoms in total. The third-order valence-electron chi connectivity index (χ3n) is 3.81. The number of fused-ring (bicyclic) bond motifs is 1. The molecule has 3 aromatic rings. The van der Waals surface area contributed by atoms with Gasteiger partial charge in [0.2, 0.25) is 0 Å². The largest absolute Gasteiger partial charge is 0.459 e. The van der Waals surface area contributed by atoms with E-state index < -0.39 is 0 Å². The van der Waals surface area contributed by atoms with E-state index in [0.717, 1.165) is 17.9 Å². The lowest BCUT2D eigenvalue weighted by atomic mass is 10.1. The van der Waals surface area contributed by atoms with Gasteiger partial charge in [0.15, 0.2) is 0 Å². The third kappa shape index (κ3) is 2.39. The molecule has 0 spiro atoms. The summed E-state index contributed by atoms with van der Waals surface area (Å²) in [7, 11) is 0. The topological polar surface area (TPSA) is 25.2 Å². The summed E-state index contributed by atoms with van der Waals surface area (Å²) in [5.41, 5.74) is 3.57. The van der Waals surface area contributed by atoms with Gasteiger partial charge in [0.1, 0.15) is 11.3 Å². The molecule has 1 unspecified atom stereocenters. The quantitative estimate of drug-likeness (QED) is 0.732. The molecule has 0 amide bonds. The van der Waals surface area contributed by atoms with Crippen LogP contribution < -0.4 is 5.32 Å². The number of rotatable bonds is 4. The second-order valence-electron chi connectivity index (χ2n) is 5.22. The van der Waals surface area contributed by atoms with Crippen LogP contribution in [0.15, 0.2) is 40.1 Å². The molecular weight excluding hydrogens is 266 g/mol. The molecule has 0 bridgehead atoms. The number of para-hydroxylation sites is 1. The van der Waals surface area contributed by atoms with E-state index in [1.54, 1.807) is 11.3 Å². The van der Waals surface area contributed by atoms with E-state index in [4.69, 9.17) is 4.42 Å². The summed E-state index contributed by atoms with van der Waals surface area (Å²) in [5, 5.41) is 6.91. The monoisotopic (exact) mass is 285 g/mol. The Labute approximate surface area is 123 Å². The van der Waals surface area contributed by atoms with Crippen molar-refractivity contribution in [1.29, 1.82) is 0 Å². The lowest BCUT2D eigenvalue weighted by molar-refractivity contribution is 0.448. The van der Waals surface area contributed by atoms with E-state index in [9.17, 15) is 0 Å². The van der Waals surface area contributed by atoms with Gasteiger partial charge in [0.05, 0.1) is 6.04 Å². The van der Waals surface area contributed by atoms with Crippen molar-refractivity contribution in [2.45, 2.75) is 33.4 Å². The van der Waals surface area contributed by atoms with Gasteiger partial charge in [-0.15, -0.1) is 11.3 Å². The fourth-order valence-electron chi connectivity index (χ4n) is 2.53. The molecule has 3 heteroatoms. The molecule has 1 atom stereocenters. The molecule has 0 saturated carbocycles. The van der Waals surface area contributed by atoms with Crippen molar-refractivity contribution in [3.63, 3.8) is 0 Å². The standard InChI is InChI=1S/C17H19NOS/c1-11-8-9-20-16(11)10-18-13(3)17-12(2)14-6-4-5-7-15(14)19-17/h4-9,13,18H,10H2,1-3H3. The highest BCUT2D eigenvalue weighted by atomic mass is 32.1. The lowest BCUT2D eigenvalue weighted by Crippen LogP contribution is -2.18. The third-order valence-corrected chi connectivity index (χ3v) is 4.83. The molecule has 20 heavy (non-hydrogen) atoms. The van der Waals surface area contributed by atoms with Crippen LogP contribution in [0.1, 0.15) is 34.7 Å². The molecule has 104 valence electrons. The van der Waals surface area contributed by atoms with Gasteiger partial charge in [0.25, 0.3) is 0 Å². The van der Waals surface area contributed by atoms with Crippen LogP contribution in [0.5, 0.6) is 0 Å². The molecule has 2 heterocycles. The predicted octanol–water partition coefficient (Wildman–Crippen LogP) is 4.96. The molecule has 0 saturated heterocycles. The fourth-order valence-corrected chi connectivity index (χ4v) is 3.39. The summed E-state index contributed by atoms with van der Waals surface area (Å²) in [6.07, 6.45) is 0. The van der Waals surface area contributed by atoms with Gasteiger partial charge in [0, 0.05) is 16.8 Å². The Hall–Kier alpha value is -1.58. The van der Waals surface area contributed by atoms with Gasteiger partial charge < -0.3 is 9.73 Å². The van der Waals surface area contributed by atoms with E-state index in [-0.39, 0.29) is 6.04 Å². The number of thiophene rings is 1. The van der Waals surface area contributed by atoms with Gasteiger partial charge in [-0.1, -0.05) is 18.2 Å². The number of aryl methyl sites for hydroxylation is 2. The van der Waals surface area contributed by atoms with E-state index >= 15 is 0 Å². The van der Waals surface area contributed by atoms with E-state index in [1.807, 2.05) is 12.1 Å². The van der Waals surface area contributed by atoms with Crippen molar-refractivity contribution in [3.8, 4) is 0 Å². The zero-order valence-electron chi connectivity index (χ0n) is 12.1. The molecule has 0 radical (unpaired) electrons. The van der Waals surface area contributed by atoms with Crippen LogP contribution in [-0.4, -0.2) is 0 Å². The molecule has 2 aromatic heterocycles. The van der Waals surface area contributed by atoms with Gasteiger partial charge in [-0.25, -0.2) is 0 Å². The van der Waals surface area contributed by atoms with Crippen LogP contribution in [0.4, 0.5) is 0 Å². The Kier molecular flexibility index (Phi) is 3.64. The summed E-state index contributed by atoms with van der Waals surface area (Å²) < 4.78 is 6.00.